The van der Waals surface area contributed by atoms with Gasteiger partial charge in [-0.25, -0.2) is 9.18 Å². The molecule has 0 heterocycles. The summed E-state index contributed by atoms with van der Waals surface area (Å²) in [6.45, 7) is 3.85. The molecule has 0 fully saturated rings. The van der Waals surface area contributed by atoms with E-state index in [2.05, 4.69) is 17.0 Å². The fourth-order valence-electron chi connectivity index (χ4n) is 0.492. The van der Waals surface area contributed by atoms with E-state index in [0.29, 0.717) is 18.4 Å². The standard InChI is InChI=1S/C7H11FO3S2/c1-3-10-6(9)5(8)13-7(12)11-4-2/h5H,3-4H2,1-2H3. The van der Waals surface area contributed by atoms with E-state index >= 15 is 0 Å². The number of rotatable bonds is 4. The molecule has 1 atom stereocenters. The monoisotopic (exact) mass is 226 g/mol. The van der Waals surface area contributed by atoms with Crippen LogP contribution in [0.4, 0.5) is 4.39 Å². The van der Waals surface area contributed by atoms with Crippen molar-refractivity contribution >= 4 is 34.3 Å². The lowest BCUT2D eigenvalue weighted by molar-refractivity contribution is -0.145. The zero-order valence-corrected chi connectivity index (χ0v) is 9.04. The van der Waals surface area contributed by atoms with E-state index in [-0.39, 0.29) is 11.0 Å². The summed E-state index contributed by atoms with van der Waals surface area (Å²) in [5.74, 6) is -0.922. The number of alkyl halides is 1. The minimum atomic E-state index is -1.79. The number of carbonyl (C=O) groups excluding carboxylic acids is 1. The van der Waals surface area contributed by atoms with Crippen LogP contribution in [-0.4, -0.2) is 29.1 Å². The first kappa shape index (κ1) is 12.6. The first-order chi connectivity index (χ1) is 6.11. The normalized spacial score (nSPS) is 11.9. The Morgan fingerprint density at radius 2 is 2.00 bits per heavy atom. The van der Waals surface area contributed by atoms with Crippen molar-refractivity contribution in [2.75, 3.05) is 13.2 Å². The zero-order chi connectivity index (χ0) is 10.3. The Labute approximate surface area is 86.0 Å². The van der Waals surface area contributed by atoms with Gasteiger partial charge in [0, 0.05) is 0 Å². The second-order valence-electron chi connectivity index (χ2n) is 1.87. The minimum Gasteiger partial charge on any atom is -0.479 e. The van der Waals surface area contributed by atoms with Crippen LogP contribution in [0, 0.1) is 0 Å². The van der Waals surface area contributed by atoms with Crippen LogP contribution >= 0.6 is 24.0 Å². The number of carbonyl (C=O) groups is 1. The molecule has 1 unspecified atom stereocenters. The average molecular weight is 226 g/mol. The molecule has 0 bridgehead atoms. The summed E-state index contributed by atoms with van der Waals surface area (Å²) in [7, 11) is 0. The number of thioether (sulfide) groups is 1. The molecule has 0 aliphatic carbocycles. The Hall–Kier alpha value is -0.360. The topological polar surface area (TPSA) is 35.5 Å². The highest BCUT2D eigenvalue weighted by Gasteiger charge is 2.21. The van der Waals surface area contributed by atoms with Gasteiger partial charge in [-0.1, -0.05) is 0 Å². The maximum Gasteiger partial charge on any atom is 0.351 e. The van der Waals surface area contributed by atoms with E-state index in [1.165, 1.54) is 0 Å². The smallest absolute Gasteiger partial charge is 0.351 e. The molecule has 3 nitrogen and oxygen atoms in total. The Kier molecular flexibility index (Phi) is 6.89. The van der Waals surface area contributed by atoms with Crippen LogP contribution in [0.3, 0.4) is 0 Å². The first-order valence-electron chi connectivity index (χ1n) is 3.75. The molecule has 0 aliphatic heterocycles. The predicted octanol–water partition coefficient (Wildman–Crippen LogP) is 1.90. The number of hydrogen-bond donors (Lipinski definition) is 0. The third-order valence-electron chi connectivity index (χ3n) is 0.934. The summed E-state index contributed by atoms with van der Waals surface area (Å²) in [5, 5.41) is 0. The maximum absolute atomic E-state index is 12.9. The lowest BCUT2D eigenvalue weighted by atomic mass is 10.7. The van der Waals surface area contributed by atoms with Crippen LogP contribution in [0.2, 0.25) is 0 Å². The Morgan fingerprint density at radius 1 is 1.46 bits per heavy atom. The van der Waals surface area contributed by atoms with Gasteiger partial charge in [0.2, 0.25) is 4.38 Å². The molecule has 76 valence electrons. The average Bonchev–Trinajstić information content (AvgIpc) is 2.05. The second-order valence-corrected chi connectivity index (χ2v) is 3.52. The zero-order valence-electron chi connectivity index (χ0n) is 7.41. The number of hydrogen-bond acceptors (Lipinski definition) is 5. The summed E-state index contributed by atoms with van der Waals surface area (Å²) in [6, 6.07) is 0. The molecular weight excluding hydrogens is 215 g/mol. The van der Waals surface area contributed by atoms with Crippen molar-refractivity contribution in [3.8, 4) is 0 Å². The Balaban J connectivity index is 3.78. The van der Waals surface area contributed by atoms with Crippen LogP contribution < -0.4 is 0 Å². The van der Waals surface area contributed by atoms with E-state index in [0.717, 1.165) is 0 Å². The molecule has 0 aromatic carbocycles. The lowest BCUT2D eigenvalue weighted by Gasteiger charge is -2.07. The van der Waals surface area contributed by atoms with Gasteiger partial charge >= 0.3 is 5.97 Å². The molecule has 0 saturated heterocycles. The first-order valence-corrected chi connectivity index (χ1v) is 5.04. The molecular formula is C7H11FO3S2. The van der Waals surface area contributed by atoms with Gasteiger partial charge in [0.05, 0.1) is 13.2 Å². The number of halogens is 1. The van der Waals surface area contributed by atoms with Gasteiger partial charge in [-0.15, -0.1) is 0 Å². The molecule has 0 rings (SSSR count). The van der Waals surface area contributed by atoms with Crippen molar-refractivity contribution in [1.82, 2.24) is 0 Å². The molecule has 0 N–H and O–H groups in total. The van der Waals surface area contributed by atoms with E-state index < -0.39 is 11.5 Å². The summed E-state index contributed by atoms with van der Waals surface area (Å²) in [5.41, 5.74) is -1.79. The van der Waals surface area contributed by atoms with Crippen LogP contribution in [0.15, 0.2) is 0 Å². The predicted molar refractivity (Wildman–Crippen MR) is 53.3 cm³/mol. The summed E-state index contributed by atoms with van der Waals surface area (Å²) in [6.07, 6.45) is 0. The van der Waals surface area contributed by atoms with Crippen molar-refractivity contribution in [3.05, 3.63) is 0 Å². The number of ether oxygens (including phenoxy) is 2. The number of thiocarbonyl (C=S) groups is 1. The molecule has 0 radical (unpaired) electrons. The van der Waals surface area contributed by atoms with Crippen LogP contribution in [0.5, 0.6) is 0 Å². The van der Waals surface area contributed by atoms with Crippen molar-refractivity contribution in [2.24, 2.45) is 0 Å². The van der Waals surface area contributed by atoms with Crippen molar-refractivity contribution in [1.29, 1.82) is 0 Å². The van der Waals surface area contributed by atoms with Gasteiger partial charge in [-0.05, 0) is 37.8 Å². The maximum atomic E-state index is 12.9. The highest BCUT2D eigenvalue weighted by Crippen LogP contribution is 2.16. The third kappa shape index (κ3) is 5.81. The van der Waals surface area contributed by atoms with Gasteiger partial charge in [0.25, 0.3) is 5.50 Å². The van der Waals surface area contributed by atoms with Gasteiger partial charge in [-0.2, -0.15) is 0 Å². The fourth-order valence-corrected chi connectivity index (χ4v) is 1.38. The quantitative estimate of drug-likeness (QED) is 0.540. The van der Waals surface area contributed by atoms with Gasteiger partial charge in [0.1, 0.15) is 0 Å². The molecule has 0 aromatic rings. The SMILES string of the molecule is CCOC(=O)C(F)SC(=S)OCC. The van der Waals surface area contributed by atoms with Crippen LogP contribution in [0.25, 0.3) is 0 Å². The fraction of sp³-hybridized carbons (Fsp3) is 0.714. The third-order valence-corrected chi connectivity index (χ3v) is 2.05. The summed E-state index contributed by atoms with van der Waals surface area (Å²) < 4.78 is 22.1. The largest absolute Gasteiger partial charge is 0.479 e. The van der Waals surface area contributed by atoms with Crippen molar-refractivity contribution in [2.45, 2.75) is 19.4 Å². The van der Waals surface area contributed by atoms with Crippen LogP contribution in [0.1, 0.15) is 13.8 Å². The van der Waals surface area contributed by atoms with Crippen molar-refractivity contribution < 1.29 is 18.7 Å². The van der Waals surface area contributed by atoms with E-state index in [1.54, 1.807) is 13.8 Å². The second kappa shape index (κ2) is 7.08. The van der Waals surface area contributed by atoms with Gasteiger partial charge in [-0.3, -0.25) is 0 Å². The molecule has 0 saturated carbocycles. The molecule has 0 amide bonds. The molecule has 0 aromatic heterocycles. The summed E-state index contributed by atoms with van der Waals surface area (Å²) >= 11 is 5.17. The van der Waals surface area contributed by atoms with E-state index in [9.17, 15) is 9.18 Å². The molecule has 6 heteroatoms. The molecule has 0 spiro atoms. The van der Waals surface area contributed by atoms with Gasteiger partial charge < -0.3 is 9.47 Å². The summed E-state index contributed by atoms with van der Waals surface area (Å²) in [4.78, 5) is 10.7. The van der Waals surface area contributed by atoms with E-state index in [4.69, 9.17) is 4.74 Å². The van der Waals surface area contributed by atoms with E-state index in [1.807, 2.05) is 0 Å². The van der Waals surface area contributed by atoms with Gasteiger partial charge in [0.15, 0.2) is 0 Å². The lowest BCUT2D eigenvalue weighted by Crippen LogP contribution is -2.17. The van der Waals surface area contributed by atoms with Crippen LogP contribution in [-0.2, 0) is 14.3 Å². The van der Waals surface area contributed by atoms with Crippen molar-refractivity contribution in [3.63, 3.8) is 0 Å². The Bertz CT molecular complexity index is 187. The highest BCUT2D eigenvalue weighted by molar-refractivity contribution is 8.23. The number of esters is 1. The minimum absolute atomic E-state index is 0.0167. The Morgan fingerprint density at radius 3 is 2.46 bits per heavy atom. The highest BCUT2D eigenvalue weighted by atomic mass is 32.2. The molecule has 13 heavy (non-hydrogen) atoms. The molecule has 0 aliphatic rings.